The molecule has 3 aromatic heterocycles. The van der Waals surface area contributed by atoms with Crippen LogP contribution in [0.1, 0.15) is 6.92 Å². The van der Waals surface area contributed by atoms with E-state index in [-0.39, 0.29) is 34.8 Å². The summed E-state index contributed by atoms with van der Waals surface area (Å²) >= 11 is 0. The number of carbonyl (C=O) groups excluding carboxylic acids is 1. The maximum absolute atomic E-state index is 12.1. The predicted octanol–water partition coefficient (Wildman–Crippen LogP) is 0.716. The van der Waals surface area contributed by atoms with Gasteiger partial charge in [-0.15, -0.1) is 0 Å². The fourth-order valence-corrected chi connectivity index (χ4v) is 2.44. The third-order valence-corrected chi connectivity index (χ3v) is 3.49. The Morgan fingerprint density at radius 2 is 2.04 bits per heavy atom. The van der Waals surface area contributed by atoms with Gasteiger partial charge in [0.1, 0.15) is 6.33 Å². The molecule has 1 aromatic carbocycles. The molecule has 0 aliphatic carbocycles. The number of aromatic amines is 1. The lowest BCUT2D eigenvalue weighted by Crippen LogP contribution is -2.16. The van der Waals surface area contributed by atoms with Gasteiger partial charge in [-0.2, -0.15) is 9.97 Å². The van der Waals surface area contributed by atoms with E-state index in [1.807, 2.05) is 0 Å². The molecule has 3 N–H and O–H groups in total. The second-order valence-corrected chi connectivity index (χ2v) is 5.25. The first kappa shape index (κ1) is 14.8. The van der Waals surface area contributed by atoms with Crippen LogP contribution in [0.3, 0.4) is 0 Å². The van der Waals surface area contributed by atoms with Gasteiger partial charge in [-0.25, -0.2) is 9.97 Å². The zero-order chi connectivity index (χ0) is 17.6. The van der Waals surface area contributed by atoms with E-state index < -0.39 is 5.56 Å². The lowest BCUT2D eigenvalue weighted by Gasteiger charge is -2.06. The van der Waals surface area contributed by atoms with Gasteiger partial charge in [0.15, 0.2) is 11.2 Å². The maximum atomic E-state index is 12.1. The minimum Gasteiger partial charge on any atom is -0.493 e. The van der Waals surface area contributed by atoms with E-state index in [1.165, 1.54) is 17.8 Å². The number of aromatic nitrogens is 6. The molecule has 0 radical (unpaired) electrons. The summed E-state index contributed by atoms with van der Waals surface area (Å²) in [7, 11) is 0. The Hall–Kier alpha value is -3.82. The van der Waals surface area contributed by atoms with E-state index in [2.05, 4.69) is 30.2 Å². The molecule has 0 unspecified atom stereocenters. The second kappa shape index (κ2) is 5.37. The number of amides is 1. The summed E-state index contributed by atoms with van der Waals surface area (Å²) in [6.45, 7) is 1.30. The van der Waals surface area contributed by atoms with Crippen LogP contribution in [0.25, 0.3) is 28.0 Å². The first-order valence-corrected chi connectivity index (χ1v) is 7.24. The Morgan fingerprint density at radius 3 is 2.84 bits per heavy atom. The largest absolute Gasteiger partial charge is 0.493 e. The maximum Gasteiger partial charge on any atom is 0.280 e. The summed E-state index contributed by atoms with van der Waals surface area (Å²) < 4.78 is 1.36. The summed E-state index contributed by atoms with van der Waals surface area (Å²) in [4.78, 5) is 42.3. The molecule has 0 fully saturated rings. The standard InChI is InChI=1S/C15H11N7O3/c1-7(23)17-14-19-11-10(13(25)20-14)16-6-22(11)15-18-9-5-3-2-4-8(9)12(24)21-15/h2-6H,1H3,(H,18,21,24)(H2,17,19,20,23,25). The van der Waals surface area contributed by atoms with Crippen molar-refractivity contribution in [3.63, 3.8) is 0 Å². The number of hydrogen-bond donors (Lipinski definition) is 3. The molecule has 4 rings (SSSR count). The predicted molar refractivity (Wildman–Crippen MR) is 88.6 cm³/mol. The average Bonchev–Trinajstić information content (AvgIpc) is 2.98. The van der Waals surface area contributed by atoms with Crippen LogP contribution in [0.15, 0.2) is 35.4 Å². The lowest BCUT2D eigenvalue weighted by atomic mass is 10.2. The summed E-state index contributed by atoms with van der Waals surface area (Å²) in [5.41, 5.74) is 0.226. The van der Waals surface area contributed by atoms with Gasteiger partial charge in [0.05, 0.1) is 10.9 Å². The summed E-state index contributed by atoms with van der Waals surface area (Å²) in [5, 5.41) is 13.0. The van der Waals surface area contributed by atoms with Gasteiger partial charge in [0.2, 0.25) is 23.7 Å². The molecule has 0 spiro atoms. The smallest absolute Gasteiger partial charge is 0.280 e. The van der Waals surface area contributed by atoms with Crippen molar-refractivity contribution in [1.29, 1.82) is 0 Å². The monoisotopic (exact) mass is 337 g/mol. The van der Waals surface area contributed by atoms with Gasteiger partial charge in [-0.05, 0) is 12.1 Å². The number of nitrogens with zero attached hydrogens (tertiary/aromatic N) is 5. The highest BCUT2D eigenvalue weighted by Crippen LogP contribution is 2.23. The number of anilines is 1. The molecule has 0 aliphatic rings. The molecule has 0 aliphatic heterocycles. The van der Waals surface area contributed by atoms with Crippen LogP contribution in [0.2, 0.25) is 0 Å². The van der Waals surface area contributed by atoms with Crippen LogP contribution in [-0.4, -0.2) is 40.5 Å². The summed E-state index contributed by atoms with van der Waals surface area (Å²) in [5.74, 6) is -0.495. The molecule has 0 saturated heterocycles. The Balaban J connectivity index is 1.96. The van der Waals surface area contributed by atoms with Crippen LogP contribution in [-0.2, 0) is 4.79 Å². The minimum atomic E-state index is -0.516. The molecule has 0 saturated carbocycles. The van der Waals surface area contributed by atoms with Gasteiger partial charge in [-0.1, -0.05) is 12.1 Å². The number of para-hydroxylation sites is 1. The van der Waals surface area contributed by atoms with Crippen molar-refractivity contribution in [2.24, 2.45) is 0 Å². The highest BCUT2D eigenvalue weighted by Gasteiger charge is 2.15. The number of hydrogen-bond acceptors (Lipinski definition) is 7. The minimum absolute atomic E-state index is 0.0169. The topological polar surface area (TPSA) is 139 Å². The van der Waals surface area contributed by atoms with Crippen molar-refractivity contribution in [2.45, 2.75) is 6.92 Å². The number of imidazole rings is 1. The van der Waals surface area contributed by atoms with Crippen molar-refractivity contribution >= 4 is 33.9 Å². The van der Waals surface area contributed by atoms with E-state index in [1.54, 1.807) is 24.3 Å². The van der Waals surface area contributed by atoms with Crippen LogP contribution in [0, 0.1) is 0 Å². The van der Waals surface area contributed by atoms with Crippen molar-refractivity contribution in [3.8, 4) is 11.8 Å². The average molecular weight is 337 g/mol. The molecule has 25 heavy (non-hydrogen) atoms. The number of fused-ring (bicyclic) bond motifs is 2. The Bertz CT molecular complexity index is 1190. The first-order valence-electron chi connectivity index (χ1n) is 7.24. The third-order valence-electron chi connectivity index (χ3n) is 3.49. The third kappa shape index (κ3) is 2.45. The quantitative estimate of drug-likeness (QED) is 0.489. The molecule has 1 amide bonds. The fraction of sp³-hybridized carbons (Fsp3) is 0.0667. The van der Waals surface area contributed by atoms with E-state index >= 15 is 0 Å². The number of nitrogens with one attached hydrogen (secondary N) is 2. The number of aromatic hydroxyl groups is 1. The number of benzene rings is 1. The summed E-state index contributed by atoms with van der Waals surface area (Å²) in [6.07, 6.45) is 1.33. The van der Waals surface area contributed by atoms with Gasteiger partial charge < -0.3 is 5.11 Å². The van der Waals surface area contributed by atoms with Gasteiger partial charge in [0, 0.05) is 6.92 Å². The Labute approximate surface area is 139 Å². The van der Waals surface area contributed by atoms with E-state index in [0.29, 0.717) is 10.9 Å². The highest BCUT2D eigenvalue weighted by atomic mass is 16.3. The highest BCUT2D eigenvalue weighted by molar-refractivity contribution is 5.87. The molecular formula is C15H11N7O3. The summed E-state index contributed by atoms with van der Waals surface area (Å²) in [6, 6.07) is 6.96. The van der Waals surface area contributed by atoms with E-state index in [4.69, 9.17) is 0 Å². The Kier molecular flexibility index (Phi) is 3.17. The molecule has 124 valence electrons. The van der Waals surface area contributed by atoms with E-state index in [0.717, 1.165) is 0 Å². The van der Waals surface area contributed by atoms with Gasteiger partial charge >= 0.3 is 0 Å². The molecule has 0 atom stereocenters. The van der Waals surface area contributed by atoms with Crippen LogP contribution < -0.4 is 10.9 Å². The molecular weight excluding hydrogens is 326 g/mol. The number of rotatable bonds is 2. The zero-order valence-corrected chi connectivity index (χ0v) is 12.9. The van der Waals surface area contributed by atoms with Crippen LogP contribution >= 0.6 is 0 Å². The van der Waals surface area contributed by atoms with Gasteiger partial charge in [0.25, 0.3) is 5.56 Å². The normalized spacial score (nSPS) is 11.1. The van der Waals surface area contributed by atoms with Crippen molar-refractivity contribution in [3.05, 3.63) is 40.9 Å². The number of H-pyrrole nitrogens is 1. The van der Waals surface area contributed by atoms with Crippen LogP contribution in [0.5, 0.6) is 5.88 Å². The van der Waals surface area contributed by atoms with Gasteiger partial charge in [-0.3, -0.25) is 24.5 Å². The molecule has 0 bridgehead atoms. The second-order valence-electron chi connectivity index (χ2n) is 5.25. The SMILES string of the molecule is CC(=O)Nc1nc2c(ncn2-c2nc(O)c3ccccc3n2)c(=O)[nH]1. The Morgan fingerprint density at radius 1 is 1.24 bits per heavy atom. The molecule has 10 heteroatoms. The van der Waals surface area contributed by atoms with Crippen molar-refractivity contribution in [1.82, 2.24) is 29.5 Å². The van der Waals surface area contributed by atoms with Crippen molar-refractivity contribution < 1.29 is 9.90 Å². The first-order chi connectivity index (χ1) is 12.0. The molecule has 3 heterocycles. The zero-order valence-electron chi connectivity index (χ0n) is 12.9. The number of carbonyl (C=O) groups is 1. The fourth-order valence-electron chi connectivity index (χ4n) is 2.44. The van der Waals surface area contributed by atoms with Crippen LogP contribution in [0.4, 0.5) is 5.95 Å². The van der Waals surface area contributed by atoms with E-state index in [9.17, 15) is 14.7 Å². The molecule has 4 aromatic rings. The molecule has 10 nitrogen and oxygen atoms in total. The lowest BCUT2D eigenvalue weighted by molar-refractivity contribution is -0.114. The van der Waals surface area contributed by atoms with Crippen molar-refractivity contribution in [2.75, 3.05) is 5.32 Å².